The third-order valence-corrected chi connectivity index (χ3v) is 9.25. The van der Waals surface area contributed by atoms with E-state index in [2.05, 4.69) is 0 Å². The quantitative estimate of drug-likeness (QED) is 0.0952. The molecular formula is C36H45Cl6O4P. The Hall–Kier alpha value is -0.970. The van der Waals surface area contributed by atoms with Crippen LogP contribution < -0.4 is 13.6 Å². The van der Waals surface area contributed by atoms with E-state index >= 15 is 0 Å². The first-order valence-corrected chi connectivity index (χ1v) is 20.0. The van der Waals surface area contributed by atoms with Crippen LogP contribution in [0.2, 0.25) is 0 Å². The predicted octanol–water partition coefficient (Wildman–Crippen LogP) is 12.4. The van der Waals surface area contributed by atoms with Gasteiger partial charge in [-0.3, -0.25) is 0 Å². The molecule has 0 aliphatic rings. The molecule has 6 unspecified atom stereocenters. The second kappa shape index (κ2) is 18.9. The second-order valence-corrected chi connectivity index (χ2v) is 18.4. The summed E-state index contributed by atoms with van der Waals surface area (Å²) in [5, 5.41) is -0.860. The molecule has 11 heteroatoms. The van der Waals surface area contributed by atoms with Crippen molar-refractivity contribution in [3.8, 4) is 17.2 Å². The molecule has 0 saturated heterocycles. The van der Waals surface area contributed by atoms with E-state index in [1.54, 1.807) is 18.2 Å². The molecule has 3 aromatic carbocycles. The lowest BCUT2D eigenvalue weighted by atomic mass is 10.0. The van der Waals surface area contributed by atoms with E-state index < -0.39 is 7.82 Å². The molecule has 0 aliphatic heterocycles. The van der Waals surface area contributed by atoms with Crippen molar-refractivity contribution in [2.75, 3.05) is 0 Å². The van der Waals surface area contributed by atoms with Gasteiger partial charge in [0, 0.05) is 32.3 Å². The van der Waals surface area contributed by atoms with Crippen molar-refractivity contribution >= 4 is 77.4 Å². The van der Waals surface area contributed by atoms with Gasteiger partial charge in [-0.25, -0.2) is 0 Å². The van der Waals surface area contributed by atoms with Crippen LogP contribution in [-0.2, 0) is 43.1 Å². The van der Waals surface area contributed by atoms with Gasteiger partial charge in [0.25, 0.3) is 0 Å². The van der Waals surface area contributed by atoms with E-state index in [-0.39, 0.29) is 32.3 Å². The fourth-order valence-corrected chi connectivity index (χ4v) is 7.73. The van der Waals surface area contributed by atoms with E-state index in [1.807, 2.05) is 77.9 Å². The van der Waals surface area contributed by atoms with Crippen molar-refractivity contribution in [2.24, 2.45) is 0 Å². The second-order valence-electron chi connectivity index (χ2n) is 12.5. The standard InChI is InChI=1S/C36H45Cl6O4P/c1-22(37)13-28-7-10-34(31(19-28)16-25(4)40)44-47(43,45-35-11-8-29(14-23(2)38)20-32(35)17-26(5)41)46-36-12-9-30(15-24(3)39)21-33(36)18-27(6)42/h7-12,19-27H,13-18H2,1-6H3. The Balaban J connectivity index is 2.16. The van der Waals surface area contributed by atoms with Gasteiger partial charge >= 0.3 is 7.82 Å². The molecule has 0 amide bonds. The van der Waals surface area contributed by atoms with Crippen molar-refractivity contribution in [2.45, 2.75) is 112 Å². The summed E-state index contributed by atoms with van der Waals surface area (Å²) in [6, 6.07) is 16.9. The number of alkyl halides is 6. The van der Waals surface area contributed by atoms with Crippen LogP contribution in [-0.4, -0.2) is 32.3 Å². The largest absolute Gasteiger partial charge is 0.647 e. The molecule has 0 radical (unpaired) electrons. The Morgan fingerprint density at radius 1 is 0.447 bits per heavy atom. The van der Waals surface area contributed by atoms with E-state index in [9.17, 15) is 4.57 Å². The molecule has 4 nitrogen and oxygen atoms in total. The van der Waals surface area contributed by atoms with Gasteiger partial charge in [-0.2, -0.15) is 4.57 Å². The van der Waals surface area contributed by atoms with Crippen LogP contribution in [0.1, 0.15) is 74.9 Å². The topological polar surface area (TPSA) is 44.8 Å². The average Bonchev–Trinajstić information content (AvgIpc) is 2.91. The van der Waals surface area contributed by atoms with Gasteiger partial charge < -0.3 is 13.6 Å². The summed E-state index contributed by atoms with van der Waals surface area (Å²) >= 11 is 38.3. The highest BCUT2D eigenvalue weighted by atomic mass is 35.5. The maximum Gasteiger partial charge on any atom is 0.647 e. The monoisotopic (exact) mass is 782 g/mol. The number of hydrogen-bond donors (Lipinski definition) is 0. The minimum Gasteiger partial charge on any atom is -0.386 e. The van der Waals surface area contributed by atoms with E-state index in [0.717, 1.165) is 33.4 Å². The van der Waals surface area contributed by atoms with Crippen LogP contribution in [0.4, 0.5) is 0 Å². The Morgan fingerprint density at radius 2 is 0.681 bits per heavy atom. The maximum atomic E-state index is 15.0. The van der Waals surface area contributed by atoms with Gasteiger partial charge in [0.2, 0.25) is 0 Å². The number of hydrogen-bond acceptors (Lipinski definition) is 4. The highest BCUT2D eigenvalue weighted by Crippen LogP contribution is 2.52. The predicted molar refractivity (Wildman–Crippen MR) is 203 cm³/mol. The molecule has 0 fully saturated rings. The highest BCUT2D eigenvalue weighted by molar-refractivity contribution is 7.49. The molecule has 0 N–H and O–H groups in total. The van der Waals surface area contributed by atoms with Crippen molar-refractivity contribution in [1.82, 2.24) is 0 Å². The zero-order chi connectivity index (χ0) is 34.9. The zero-order valence-corrected chi connectivity index (χ0v) is 33.2. The third kappa shape index (κ3) is 14.1. The third-order valence-electron chi connectivity index (χ3n) is 7.06. The van der Waals surface area contributed by atoms with Crippen LogP contribution in [0.3, 0.4) is 0 Å². The summed E-state index contributed by atoms with van der Waals surface area (Å²) in [6.45, 7) is 11.5. The first-order chi connectivity index (χ1) is 22.0. The molecule has 0 aromatic heterocycles. The molecule has 47 heavy (non-hydrogen) atoms. The SMILES string of the molecule is CC(Cl)Cc1ccc(OP(=O)(Oc2ccc(CC(C)Cl)cc2CC(C)Cl)Oc2ccc(CC(C)Cl)cc2CC(C)Cl)c(CC(C)Cl)c1. The zero-order valence-electron chi connectivity index (χ0n) is 27.8. The molecule has 260 valence electrons. The molecule has 3 aromatic rings. The molecule has 6 atom stereocenters. The number of rotatable bonds is 18. The number of halogens is 6. The molecule has 0 saturated carbocycles. The van der Waals surface area contributed by atoms with Gasteiger partial charge in [0.05, 0.1) is 0 Å². The van der Waals surface area contributed by atoms with Crippen molar-refractivity contribution in [3.05, 3.63) is 88.0 Å². The molecule has 3 rings (SSSR count). The average molecular weight is 785 g/mol. The molecule has 0 heterocycles. The number of phosphoric acid groups is 1. The van der Waals surface area contributed by atoms with E-state index in [0.29, 0.717) is 55.8 Å². The molecule has 0 spiro atoms. The minimum absolute atomic E-state index is 0.0687. The van der Waals surface area contributed by atoms with Crippen molar-refractivity contribution in [3.63, 3.8) is 0 Å². The molecular weight excluding hydrogens is 740 g/mol. The summed E-state index contributed by atoms with van der Waals surface area (Å²) in [7, 11) is -4.43. The Labute approximate surface area is 311 Å². The Morgan fingerprint density at radius 3 is 0.894 bits per heavy atom. The lowest BCUT2D eigenvalue weighted by Crippen LogP contribution is -2.13. The van der Waals surface area contributed by atoms with Crippen LogP contribution >= 0.6 is 77.4 Å². The summed E-state index contributed by atoms with van der Waals surface area (Å²) in [5.74, 6) is 1.02. The smallest absolute Gasteiger partial charge is 0.386 e. The van der Waals surface area contributed by atoms with Gasteiger partial charge in [-0.05, 0) is 132 Å². The maximum absolute atomic E-state index is 15.0. The van der Waals surface area contributed by atoms with Crippen molar-refractivity contribution < 1.29 is 18.1 Å². The summed E-state index contributed by atoms with van der Waals surface area (Å²) < 4.78 is 34.0. The lowest BCUT2D eigenvalue weighted by molar-refractivity contribution is 0.295. The normalized spacial score (nSPS) is 16.8. The van der Waals surface area contributed by atoms with Crippen LogP contribution in [0.25, 0.3) is 0 Å². The first kappa shape index (κ1) is 40.5. The summed E-state index contributed by atoms with van der Waals surface area (Å²) in [5.41, 5.74) is 5.31. The number of benzene rings is 3. The van der Waals surface area contributed by atoms with Crippen LogP contribution in [0.5, 0.6) is 17.2 Å². The fourth-order valence-electron chi connectivity index (χ4n) is 5.33. The number of phosphoric ester groups is 1. The van der Waals surface area contributed by atoms with Gasteiger partial charge in [0.15, 0.2) is 0 Å². The Kier molecular flexibility index (Phi) is 16.2. The molecule has 0 bridgehead atoms. The Bertz CT molecular complexity index is 1320. The van der Waals surface area contributed by atoms with Gasteiger partial charge in [-0.1, -0.05) is 36.4 Å². The van der Waals surface area contributed by atoms with Crippen LogP contribution in [0.15, 0.2) is 54.6 Å². The van der Waals surface area contributed by atoms with Gasteiger partial charge in [-0.15, -0.1) is 69.6 Å². The summed E-state index contributed by atoms with van der Waals surface area (Å²) in [6.07, 6.45) is 3.33. The lowest BCUT2D eigenvalue weighted by Gasteiger charge is -2.24. The van der Waals surface area contributed by atoms with Crippen molar-refractivity contribution in [1.29, 1.82) is 0 Å². The fraction of sp³-hybridized carbons (Fsp3) is 0.500. The summed E-state index contributed by atoms with van der Waals surface area (Å²) in [4.78, 5) is 0. The van der Waals surface area contributed by atoms with Gasteiger partial charge in [0.1, 0.15) is 17.2 Å². The van der Waals surface area contributed by atoms with Crippen LogP contribution in [0, 0.1) is 0 Å². The first-order valence-electron chi connectivity index (χ1n) is 15.9. The highest BCUT2D eigenvalue weighted by Gasteiger charge is 2.36. The van der Waals surface area contributed by atoms with E-state index in [1.165, 1.54) is 0 Å². The molecule has 0 aliphatic carbocycles. The van der Waals surface area contributed by atoms with E-state index in [4.69, 9.17) is 83.2 Å². The minimum atomic E-state index is -4.43.